The molecule has 2 aromatic rings. The monoisotopic (exact) mass is 248 g/mol. The Kier molecular flexibility index (Phi) is 3.34. The Labute approximate surface area is 102 Å². The number of carbonyl (C=O) groups excluding carboxylic acids is 1. The van der Waals surface area contributed by atoms with Crippen LogP contribution in [-0.4, -0.2) is 22.6 Å². The minimum atomic E-state index is -0.174. The third-order valence-corrected chi connectivity index (χ3v) is 3.36. The number of nitrogens with zero attached hydrogens (tertiary/aromatic N) is 2. The van der Waals surface area contributed by atoms with Gasteiger partial charge in [0.15, 0.2) is 0 Å². The summed E-state index contributed by atoms with van der Waals surface area (Å²) in [4.78, 5) is 13.0. The van der Waals surface area contributed by atoms with E-state index in [1.807, 2.05) is 0 Å². The summed E-state index contributed by atoms with van der Waals surface area (Å²) in [5.41, 5.74) is 6.37. The van der Waals surface area contributed by atoms with Crippen LogP contribution in [0.15, 0.2) is 24.9 Å². The summed E-state index contributed by atoms with van der Waals surface area (Å²) in [6.07, 6.45) is 4.04. The van der Waals surface area contributed by atoms with Gasteiger partial charge in [-0.25, -0.2) is 0 Å². The van der Waals surface area contributed by atoms with E-state index in [1.165, 1.54) is 11.3 Å². The fourth-order valence-corrected chi connectivity index (χ4v) is 2.36. The normalized spacial score (nSPS) is 10.4. The second-order valence-corrected chi connectivity index (χ2v) is 4.43. The highest BCUT2D eigenvalue weighted by Gasteiger charge is 2.16. The summed E-state index contributed by atoms with van der Waals surface area (Å²) >= 11 is 1.25. The number of hydrogen-bond donors (Lipinski definition) is 2. The van der Waals surface area contributed by atoms with E-state index in [1.54, 1.807) is 18.3 Å². The van der Waals surface area contributed by atoms with Crippen LogP contribution < -0.4 is 11.1 Å². The maximum atomic E-state index is 11.8. The number of thiophene rings is 1. The van der Waals surface area contributed by atoms with E-state index in [2.05, 4.69) is 22.1 Å². The van der Waals surface area contributed by atoms with Gasteiger partial charge in [0.25, 0.3) is 5.91 Å². The Balaban J connectivity index is 2.26. The van der Waals surface area contributed by atoms with Crippen molar-refractivity contribution in [2.45, 2.75) is 6.42 Å². The Hall–Kier alpha value is -1.95. The number of aromatic nitrogens is 2. The van der Waals surface area contributed by atoms with Crippen molar-refractivity contribution in [1.29, 1.82) is 0 Å². The van der Waals surface area contributed by atoms with Gasteiger partial charge in [-0.3, -0.25) is 4.79 Å². The molecule has 0 aliphatic rings. The Morgan fingerprint density at radius 2 is 2.47 bits per heavy atom. The first-order valence-electron chi connectivity index (χ1n) is 5.12. The highest BCUT2D eigenvalue weighted by Crippen LogP contribution is 2.31. The zero-order valence-electron chi connectivity index (χ0n) is 9.14. The molecule has 0 spiro atoms. The molecule has 5 nitrogen and oxygen atoms in total. The quantitative estimate of drug-likeness (QED) is 0.636. The molecule has 0 fully saturated rings. The van der Waals surface area contributed by atoms with E-state index in [4.69, 9.17) is 5.73 Å². The fraction of sp³-hybridized carbons (Fsp3) is 0.182. The lowest BCUT2D eigenvalue weighted by atomic mass is 10.3. The molecule has 3 N–H and O–H groups in total. The molecule has 88 valence electrons. The van der Waals surface area contributed by atoms with Crippen LogP contribution >= 0.6 is 11.3 Å². The molecule has 2 rings (SSSR count). The predicted molar refractivity (Wildman–Crippen MR) is 69.0 cm³/mol. The molecule has 0 aromatic carbocycles. The minimum Gasteiger partial charge on any atom is -0.397 e. The second kappa shape index (κ2) is 4.92. The number of hydrogen-bond acceptors (Lipinski definition) is 5. The average Bonchev–Trinajstić information content (AvgIpc) is 2.68. The molecular formula is C11H12N4OS. The van der Waals surface area contributed by atoms with E-state index in [9.17, 15) is 4.79 Å². The smallest absolute Gasteiger partial charge is 0.263 e. The Bertz CT molecular complexity index is 564. The molecule has 17 heavy (non-hydrogen) atoms. The van der Waals surface area contributed by atoms with E-state index in [-0.39, 0.29) is 5.91 Å². The third-order valence-electron chi connectivity index (χ3n) is 2.26. The molecular weight excluding hydrogens is 236 g/mol. The van der Waals surface area contributed by atoms with Crippen LogP contribution in [0.2, 0.25) is 0 Å². The van der Waals surface area contributed by atoms with Gasteiger partial charge < -0.3 is 11.1 Å². The predicted octanol–water partition coefficient (Wildman–Crippen LogP) is 1.58. The summed E-state index contributed by atoms with van der Waals surface area (Å²) in [6.45, 7) is 4.15. The fourth-order valence-electron chi connectivity index (χ4n) is 1.41. The van der Waals surface area contributed by atoms with Gasteiger partial charge in [-0.15, -0.1) is 23.0 Å². The highest BCUT2D eigenvalue weighted by atomic mass is 32.1. The van der Waals surface area contributed by atoms with Crippen LogP contribution in [0.4, 0.5) is 5.69 Å². The lowest BCUT2D eigenvalue weighted by Crippen LogP contribution is -2.23. The molecule has 0 bridgehead atoms. The summed E-state index contributed by atoms with van der Waals surface area (Å²) in [7, 11) is 0. The van der Waals surface area contributed by atoms with Crippen LogP contribution in [0.5, 0.6) is 0 Å². The maximum absolute atomic E-state index is 11.8. The average molecular weight is 248 g/mol. The summed E-state index contributed by atoms with van der Waals surface area (Å²) in [5.74, 6) is -0.174. The van der Waals surface area contributed by atoms with Crippen LogP contribution in [0.1, 0.15) is 16.1 Å². The first-order chi connectivity index (χ1) is 8.24. The molecule has 1 amide bonds. The molecule has 0 aliphatic heterocycles. The van der Waals surface area contributed by atoms with Crippen LogP contribution in [0.3, 0.4) is 0 Å². The number of nitrogens with one attached hydrogen (secondary N) is 1. The number of rotatable bonds is 4. The zero-order valence-corrected chi connectivity index (χ0v) is 9.96. The minimum absolute atomic E-state index is 0.174. The lowest BCUT2D eigenvalue weighted by Gasteiger charge is -2.01. The van der Waals surface area contributed by atoms with Crippen molar-refractivity contribution >= 4 is 33.1 Å². The van der Waals surface area contributed by atoms with Crippen molar-refractivity contribution in [3.8, 4) is 0 Å². The maximum Gasteiger partial charge on any atom is 0.263 e. The second-order valence-electron chi connectivity index (χ2n) is 3.43. The van der Waals surface area contributed by atoms with Crippen molar-refractivity contribution in [2.75, 3.05) is 12.3 Å². The van der Waals surface area contributed by atoms with Crippen molar-refractivity contribution in [1.82, 2.24) is 15.5 Å². The third kappa shape index (κ3) is 2.26. The molecule has 0 aliphatic carbocycles. The van der Waals surface area contributed by atoms with Gasteiger partial charge in [0.2, 0.25) is 0 Å². The highest BCUT2D eigenvalue weighted by molar-refractivity contribution is 7.21. The van der Waals surface area contributed by atoms with Gasteiger partial charge in [0.1, 0.15) is 9.71 Å². The lowest BCUT2D eigenvalue weighted by molar-refractivity contribution is 0.0959. The standard InChI is InChI=1S/C11H12N4OS/c1-2-3-5-13-10(16)9-8(12)7-4-6-14-15-11(7)17-9/h2,4,6H,1,3,5,12H2,(H,13,16). The summed E-state index contributed by atoms with van der Waals surface area (Å²) in [5, 5.41) is 11.2. The molecule has 2 heterocycles. The van der Waals surface area contributed by atoms with Crippen molar-refractivity contribution < 1.29 is 4.79 Å². The van der Waals surface area contributed by atoms with E-state index < -0.39 is 0 Å². The number of anilines is 1. The first-order valence-corrected chi connectivity index (χ1v) is 5.94. The summed E-state index contributed by atoms with van der Waals surface area (Å²) < 4.78 is 0. The molecule has 6 heteroatoms. The number of nitrogen functional groups attached to an aromatic ring is 1. The van der Waals surface area contributed by atoms with Crippen molar-refractivity contribution in [3.63, 3.8) is 0 Å². The van der Waals surface area contributed by atoms with Crippen molar-refractivity contribution in [2.24, 2.45) is 0 Å². The molecule has 0 atom stereocenters. The molecule has 0 saturated heterocycles. The zero-order chi connectivity index (χ0) is 12.3. The van der Waals surface area contributed by atoms with Crippen LogP contribution in [0.25, 0.3) is 10.2 Å². The van der Waals surface area contributed by atoms with Crippen LogP contribution in [-0.2, 0) is 0 Å². The first kappa shape index (κ1) is 11.5. The molecule has 0 unspecified atom stereocenters. The number of fused-ring (bicyclic) bond motifs is 1. The topological polar surface area (TPSA) is 80.9 Å². The number of amides is 1. The van der Waals surface area contributed by atoms with E-state index in [0.717, 1.165) is 11.8 Å². The van der Waals surface area contributed by atoms with Crippen LogP contribution in [0, 0.1) is 0 Å². The van der Waals surface area contributed by atoms with Gasteiger partial charge >= 0.3 is 0 Å². The van der Waals surface area contributed by atoms with Crippen molar-refractivity contribution in [3.05, 3.63) is 29.8 Å². The molecule has 0 radical (unpaired) electrons. The van der Waals surface area contributed by atoms with Gasteiger partial charge in [0, 0.05) is 11.9 Å². The van der Waals surface area contributed by atoms with Gasteiger partial charge in [-0.2, -0.15) is 5.10 Å². The Morgan fingerprint density at radius 1 is 1.65 bits per heavy atom. The Morgan fingerprint density at radius 3 is 3.18 bits per heavy atom. The van der Waals surface area contributed by atoms with Gasteiger partial charge in [0.05, 0.1) is 11.9 Å². The molecule has 0 saturated carbocycles. The number of carbonyl (C=O) groups is 1. The van der Waals surface area contributed by atoms with E-state index in [0.29, 0.717) is 21.9 Å². The van der Waals surface area contributed by atoms with E-state index >= 15 is 0 Å². The number of nitrogens with two attached hydrogens (primary N) is 1. The summed E-state index contributed by atoms with van der Waals surface area (Å²) in [6, 6.07) is 1.76. The van der Waals surface area contributed by atoms with Gasteiger partial charge in [-0.05, 0) is 12.5 Å². The van der Waals surface area contributed by atoms with Gasteiger partial charge in [-0.1, -0.05) is 6.08 Å². The largest absolute Gasteiger partial charge is 0.397 e. The SMILES string of the molecule is C=CCCNC(=O)c1sc2nnccc2c1N. The molecule has 2 aromatic heterocycles.